The first kappa shape index (κ1) is 15.5. The van der Waals surface area contributed by atoms with Gasteiger partial charge in [0.15, 0.2) is 0 Å². The third-order valence-electron chi connectivity index (χ3n) is 3.48. The van der Waals surface area contributed by atoms with Gasteiger partial charge in [-0.1, -0.05) is 18.7 Å². The predicted octanol–water partition coefficient (Wildman–Crippen LogP) is 4.24. The number of ether oxygens (including phenoxy) is 1. The summed E-state index contributed by atoms with van der Waals surface area (Å²) in [6.07, 6.45) is 1.40. The first-order valence-electron chi connectivity index (χ1n) is 7.22. The van der Waals surface area contributed by atoms with Crippen LogP contribution in [-0.2, 0) is 4.74 Å². The molecule has 0 bridgehead atoms. The van der Waals surface area contributed by atoms with Gasteiger partial charge in [-0.15, -0.1) is 0 Å². The number of amides is 1. The first-order valence-corrected chi connectivity index (χ1v) is 7.22. The van der Waals surface area contributed by atoms with Crippen LogP contribution in [0.15, 0.2) is 30.8 Å². The van der Waals surface area contributed by atoms with E-state index in [-0.39, 0.29) is 18.0 Å². The summed E-state index contributed by atoms with van der Waals surface area (Å²) in [6, 6.07) is 6.20. The Bertz CT molecular complexity index is 548. The van der Waals surface area contributed by atoms with E-state index in [0.29, 0.717) is 6.54 Å². The van der Waals surface area contributed by atoms with Crippen molar-refractivity contribution in [3.05, 3.63) is 42.2 Å². The Kier molecular flexibility index (Phi) is 4.35. The van der Waals surface area contributed by atoms with E-state index in [0.717, 1.165) is 24.0 Å². The second kappa shape index (κ2) is 5.88. The van der Waals surface area contributed by atoms with Gasteiger partial charge in [-0.2, -0.15) is 0 Å². The Morgan fingerprint density at radius 2 is 2.14 bits per heavy atom. The van der Waals surface area contributed by atoms with Gasteiger partial charge in [0.1, 0.15) is 11.4 Å². The van der Waals surface area contributed by atoms with Gasteiger partial charge in [0.2, 0.25) is 0 Å². The highest BCUT2D eigenvalue weighted by Gasteiger charge is 2.34. The van der Waals surface area contributed by atoms with Gasteiger partial charge in [0, 0.05) is 6.54 Å². The zero-order valence-corrected chi connectivity index (χ0v) is 12.9. The largest absolute Gasteiger partial charge is 0.444 e. The molecule has 1 aliphatic heterocycles. The fourth-order valence-electron chi connectivity index (χ4n) is 2.55. The second-order valence-electron chi connectivity index (χ2n) is 6.37. The van der Waals surface area contributed by atoms with Gasteiger partial charge in [0.05, 0.1) is 6.04 Å². The van der Waals surface area contributed by atoms with Crippen LogP contribution >= 0.6 is 0 Å². The standard InChI is InChI=1S/C17H22FNO2/c1-12(13-7-5-8-14(18)11-13)15-9-6-10-19(15)16(20)21-17(2,3)4/h5,7-8,11,15H,1,6,9-10H2,2-4H3. The zero-order chi connectivity index (χ0) is 15.6. The summed E-state index contributed by atoms with van der Waals surface area (Å²) in [5.74, 6) is -0.296. The lowest BCUT2D eigenvalue weighted by molar-refractivity contribution is 0.0261. The maximum Gasteiger partial charge on any atom is 0.410 e. The molecule has 1 saturated heterocycles. The van der Waals surface area contributed by atoms with E-state index in [4.69, 9.17) is 4.74 Å². The van der Waals surface area contributed by atoms with Gasteiger partial charge < -0.3 is 9.64 Å². The molecule has 0 radical (unpaired) electrons. The summed E-state index contributed by atoms with van der Waals surface area (Å²) >= 11 is 0. The molecule has 0 spiro atoms. The lowest BCUT2D eigenvalue weighted by Gasteiger charge is -2.29. The number of hydrogen-bond donors (Lipinski definition) is 0. The van der Waals surface area contributed by atoms with Crippen molar-refractivity contribution in [3.63, 3.8) is 0 Å². The molecule has 1 amide bonds. The second-order valence-corrected chi connectivity index (χ2v) is 6.37. The average molecular weight is 291 g/mol. The highest BCUT2D eigenvalue weighted by molar-refractivity contribution is 5.76. The number of likely N-dealkylation sites (tertiary alicyclic amines) is 1. The molecule has 0 aliphatic carbocycles. The molecule has 2 rings (SSSR count). The van der Waals surface area contributed by atoms with E-state index in [1.165, 1.54) is 12.1 Å². The molecule has 0 saturated carbocycles. The Morgan fingerprint density at radius 3 is 2.76 bits per heavy atom. The lowest BCUT2D eigenvalue weighted by Crippen LogP contribution is -2.40. The third-order valence-corrected chi connectivity index (χ3v) is 3.48. The molecule has 1 atom stereocenters. The number of halogens is 1. The van der Waals surface area contributed by atoms with E-state index in [2.05, 4.69) is 6.58 Å². The molecule has 0 N–H and O–H groups in total. The Labute approximate surface area is 125 Å². The lowest BCUT2D eigenvalue weighted by atomic mass is 9.98. The van der Waals surface area contributed by atoms with Crippen molar-refractivity contribution in [1.82, 2.24) is 4.90 Å². The van der Waals surface area contributed by atoms with Crippen LogP contribution in [0.5, 0.6) is 0 Å². The van der Waals surface area contributed by atoms with Crippen LogP contribution in [0.1, 0.15) is 39.2 Å². The van der Waals surface area contributed by atoms with Crippen molar-refractivity contribution < 1.29 is 13.9 Å². The normalized spacial score (nSPS) is 18.7. The van der Waals surface area contributed by atoms with E-state index in [1.54, 1.807) is 11.0 Å². The van der Waals surface area contributed by atoms with E-state index < -0.39 is 5.60 Å². The predicted molar refractivity (Wildman–Crippen MR) is 81.4 cm³/mol. The monoisotopic (exact) mass is 291 g/mol. The minimum atomic E-state index is -0.523. The molecule has 1 aromatic carbocycles. The SMILES string of the molecule is C=C(c1cccc(F)c1)C1CCCN1C(=O)OC(C)(C)C. The van der Waals surface area contributed by atoms with Crippen LogP contribution in [0, 0.1) is 5.82 Å². The number of benzene rings is 1. The van der Waals surface area contributed by atoms with Crippen LogP contribution in [0.4, 0.5) is 9.18 Å². The molecule has 1 aromatic rings. The molecule has 3 nitrogen and oxygen atoms in total. The van der Waals surface area contributed by atoms with E-state index in [1.807, 2.05) is 26.8 Å². The summed E-state index contributed by atoms with van der Waals surface area (Å²) in [4.78, 5) is 14.0. The summed E-state index contributed by atoms with van der Waals surface area (Å²) < 4.78 is 18.8. The first-order chi connectivity index (χ1) is 9.78. The molecule has 21 heavy (non-hydrogen) atoms. The highest BCUT2D eigenvalue weighted by Crippen LogP contribution is 2.30. The van der Waals surface area contributed by atoms with Crippen LogP contribution in [0.25, 0.3) is 5.57 Å². The average Bonchev–Trinajstić information content (AvgIpc) is 2.85. The molecule has 114 valence electrons. The van der Waals surface area contributed by atoms with Crippen molar-refractivity contribution in [1.29, 1.82) is 0 Å². The van der Waals surface area contributed by atoms with Gasteiger partial charge in [-0.25, -0.2) is 9.18 Å². The van der Waals surface area contributed by atoms with Gasteiger partial charge in [-0.05, 0) is 56.9 Å². The number of rotatable bonds is 2. The van der Waals surface area contributed by atoms with Gasteiger partial charge >= 0.3 is 6.09 Å². The van der Waals surface area contributed by atoms with Crippen LogP contribution in [0.3, 0.4) is 0 Å². The topological polar surface area (TPSA) is 29.5 Å². The maximum absolute atomic E-state index is 13.3. The fourth-order valence-corrected chi connectivity index (χ4v) is 2.55. The third kappa shape index (κ3) is 3.84. The number of hydrogen-bond acceptors (Lipinski definition) is 2. The molecule has 0 aromatic heterocycles. The molecule has 4 heteroatoms. The van der Waals surface area contributed by atoms with E-state index in [9.17, 15) is 9.18 Å². The smallest absolute Gasteiger partial charge is 0.410 e. The number of nitrogens with zero attached hydrogens (tertiary/aromatic N) is 1. The van der Waals surface area contributed by atoms with Crippen LogP contribution < -0.4 is 0 Å². The van der Waals surface area contributed by atoms with Crippen molar-refractivity contribution >= 4 is 11.7 Å². The van der Waals surface area contributed by atoms with Crippen LogP contribution in [0.2, 0.25) is 0 Å². The molecular formula is C17H22FNO2. The number of carbonyl (C=O) groups is 1. The molecular weight excluding hydrogens is 269 g/mol. The number of carbonyl (C=O) groups excluding carboxylic acids is 1. The molecule has 1 unspecified atom stereocenters. The minimum Gasteiger partial charge on any atom is -0.444 e. The van der Waals surface area contributed by atoms with Crippen molar-refractivity contribution in [2.45, 2.75) is 45.3 Å². The Balaban J connectivity index is 2.15. The molecule has 1 heterocycles. The summed E-state index contributed by atoms with van der Waals surface area (Å²) in [6.45, 7) is 10.2. The zero-order valence-electron chi connectivity index (χ0n) is 12.9. The van der Waals surface area contributed by atoms with E-state index >= 15 is 0 Å². The molecule has 1 aliphatic rings. The highest BCUT2D eigenvalue weighted by atomic mass is 19.1. The summed E-state index contributed by atoms with van der Waals surface area (Å²) in [5, 5.41) is 0. The Morgan fingerprint density at radius 1 is 1.43 bits per heavy atom. The summed E-state index contributed by atoms with van der Waals surface area (Å²) in [7, 11) is 0. The summed E-state index contributed by atoms with van der Waals surface area (Å²) in [5.41, 5.74) is 0.970. The quantitative estimate of drug-likeness (QED) is 0.815. The maximum atomic E-state index is 13.3. The van der Waals surface area contributed by atoms with Gasteiger partial charge in [0.25, 0.3) is 0 Å². The van der Waals surface area contributed by atoms with Gasteiger partial charge in [-0.3, -0.25) is 0 Å². The molecule has 1 fully saturated rings. The minimum absolute atomic E-state index is 0.123. The fraction of sp³-hybridized carbons (Fsp3) is 0.471. The van der Waals surface area contributed by atoms with Crippen LogP contribution in [-0.4, -0.2) is 29.2 Å². The van der Waals surface area contributed by atoms with Crippen molar-refractivity contribution in [2.75, 3.05) is 6.54 Å². The van der Waals surface area contributed by atoms with Crippen molar-refractivity contribution in [2.24, 2.45) is 0 Å². The Hall–Kier alpha value is -1.84. The van der Waals surface area contributed by atoms with Crippen molar-refractivity contribution in [3.8, 4) is 0 Å².